The Labute approximate surface area is 161 Å². The van der Waals surface area contributed by atoms with Gasteiger partial charge in [-0.3, -0.25) is 9.69 Å². The molecule has 0 bridgehead atoms. The van der Waals surface area contributed by atoms with E-state index in [1.807, 2.05) is 37.3 Å². The molecule has 2 aromatic rings. The second-order valence-electron chi connectivity index (χ2n) is 5.68. The minimum atomic E-state index is -1.01. The molecule has 0 radical (unpaired) electrons. The molecule has 1 N–H and O–H groups in total. The number of nitrogens with zero attached hydrogens (tertiary/aromatic N) is 2. The number of methoxy groups -OCH3 is 1. The van der Waals surface area contributed by atoms with Crippen molar-refractivity contribution in [2.45, 2.75) is 6.92 Å². The van der Waals surface area contributed by atoms with Crippen molar-refractivity contribution in [3.8, 4) is 5.75 Å². The molecule has 1 amide bonds. The van der Waals surface area contributed by atoms with Crippen LogP contribution in [0.3, 0.4) is 0 Å². The van der Waals surface area contributed by atoms with E-state index >= 15 is 0 Å². The summed E-state index contributed by atoms with van der Waals surface area (Å²) in [5, 5.41) is 9.65. The van der Waals surface area contributed by atoms with E-state index in [-0.39, 0.29) is 11.5 Å². The average molecular weight is 382 g/mol. The Balaban J connectivity index is 1.91. The topological polar surface area (TPSA) is 79.2 Å². The van der Waals surface area contributed by atoms with Crippen molar-refractivity contribution in [3.63, 3.8) is 0 Å². The maximum Gasteiger partial charge on any atom is 0.335 e. The fourth-order valence-electron chi connectivity index (χ4n) is 2.54. The molecule has 0 aliphatic carbocycles. The number of amides is 1. The minimum Gasteiger partial charge on any atom is -0.497 e. The summed E-state index contributed by atoms with van der Waals surface area (Å²) in [5.74, 6) is -0.385. The van der Waals surface area contributed by atoms with E-state index in [4.69, 9.17) is 9.84 Å². The average Bonchev–Trinajstić information content (AvgIpc) is 2.96. The van der Waals surface area contributed by atoms with Crippen molar-refractivity contribution in [3.05, 3.63) is 64.6 Å². The van der Waals surface area contributed by atoms with Crippen LogP contribution >= 0.6 is 11.8 Å². The maximum atomic E-state index is 12.7. The summed E-state index contributed by atoms with van der Waals surface area (Å²) in [5.41, 5.74) is 1.54. The Morgan fingerprint density at radius 1 is 1.26 bits per heavy atom. The Kier molecular flexibility index (Phi) is 5.61. The van der Waals surface area contributed by atoms with Crippen molar-refractivity contribution in [2.75, 3.05) is 13.7 Å². The third kappa shape index (κ3) is 4.20. The smallest absolute Gasteiger partial charge is 0.335 e. The van der Waals surface area contributed by atoms with Crippen molar-refractivity contribution in [1.82, 2.24) is 4.90 Å². The van der Waals surface area contributed by atoms with E-state index in [2.05, 4.69) is 4.99 Å². The predicted molar refractivity (Wildman–Crippen MR) is 106 cm³/mol. The van der Waals surface area contributed by atoms with Gasteiger partial charge < -0.3 is 9.84 Å². The quantitative estimate of drug-likeness (QED) is 0.790. The van der Waals surface area contributed by atoms with E-state index < -0.39 is 5.97 Å². The molecule has 27 heavy (non-hydrogen) atoms. The molecule has 1 aliphatic heterocycles. The van der Waals surface area contributed by atoms with Crippen molar-refractivity contribution in [1.29, 1.82) is 0 Å². The molecule has 1 heterocycles. The fraction of sp³-hybridized carbons (Fsp3) is 0.150. The van der Waals surface area contributed by atoms with E-state index in [0.717, 1.165) is 11.3 Å². The Morgan fingerprint density at radius 3 is 2.63 bits per heavy atom. The second kappa shape index (κ2) is 8.09. The summed E-state index contributed by atoms with van der Waals surface area (Å²) in [6.45, 7) is 2.35. The number of hydrogen-bond acceptors (Lipinski definition) is 5. The monoisotopic (exact) mass is 382 g/mol. The van der Waals surface area contributed by atoms with Crippen LogP contribution in [-0.2, 0) is 4.79 Å². The molecule has 0 atom stereocenters. The SMILES string of the molecule is CCN1C(=O)/C(=C\c2ccc(OC)cc2)SC1=Nc1cccc(C(=O)O)c1. The first-order valence-electron chi connectivity index (χ1n) is 8.29. The minimum absolute atomic E-state index is 0.119. The van der Waals surface area contributed by atoms with Gasteiger partial charge in [-0.15, -0.1) is 0 Å². The molecule has 0 unspecified atom stereocenters. The lowest BCUT2D eigenvalue weighted by Gasteiger charge is -2.12. The number of carbonyl (C=O) groups is 2. The van der Waals surface area contributed by atoms with Gasteiger partial charge in [0, 0.05) is 6.54 Å². The molecular formula is C20H18N2O4S. The number of carboxylic acid groups (broad SMARTS) is 1. The first-order chi connectivity index (χ1) is 13.0. The van der Waals surface area contributed by atoms with Gasteiger partial charge in [0.1, 0.15) is 5.75 Å². The normalized spacial score (nSPS) is 17.0. The van der Waals surface area contributed by atoms with Crippen LogP contribution in [0.5, 0.6) is 5.75 Å². The first-order valence-corrected chi connectivity index (χ1v) is 9.11. The highest BCUT2D eigenvalue weighted by Crippen LogP contribution is 2.34. The number of thioether (sulfide) groups is 1. The number of aromatic carboxylic acids is 1. The van der Waals surface area contributed by atoms with Crippen molar-refractivity contribution >= 4 is 40.6 Å². The summed E-state index contributed by atoms with van der Waals surface area (Å²) in [7, 11) is 1.60. The Morgan fingerprint density at radius 2 is 2.00 bits per heavy atom. The third-order valence-electron chi connectivity index (χ3n) is 3.94. The van der Waals surface area contributed by atoms with E-state index in [9.17, 15) is 9.59 Å². The van der Waals surface area contributed by atoms with Gasteiger partial charge in [-0.1, -0.05) is 18.2 Å². The molecule has 2 aromatic carbocycles. The summed E-state index contributed by atoms with van der Waals surface area (Å²) in [6.07, 6.45) is 1.81. The number of rotatable bonds is 5. The number of likely N-dealkylation sites (N-methyl/N-ethyl adjacent to an activating group) is 1. The van der Waals surface area contributed by atoms with E-state index in [1.54, 1.807) is 24.1 Å². The zero-order valence-corrected chi connectivity index (χ0v) is 15.7. The molecule has 3 rings (SSSR count). The first kappa shape index (κ1) is 18.7. The lowest BCUT2D eigenvalue weighted by atomic mass is 10.2. The van der Waals surface area contributed by atoms with Gasteiger partial charge in [-0.05, 0) is 60.7 Å². The van der Waals surface area contributed by atoms with Gasteiger partial charge in [0.25, 0.3) is 5.91 Å². The van der Waals surface area contributed by atoms with Crippen LogP contribution in [-0.4, -0.2) is 40.7 Å². The molecule has 1 fully saturated rings. The fourth-order valence-corrected chi connectivity index (χ4v) is 3.60. The number of hydrogen-bond donors (Lipinski definition) is 1. The summed E-state index contributed by atoms with van der Waals surface area (Å²) >= 11 is 1.27. The van der Waals surface area contributed by atoms with Crippen LogP contribution in [0, 0.1) is 0 Å². The maximum absolute atomic E-state index is 12.7. The lowest BCUT2D eigenvalue weighted by molar-refractivity contribution is -0.122. The molecular weight excluding hydrogens is 364 g/mol. The zero-order valence-electron chi connectivity index (χ0n) is 14.9. The molecule has 6 nitrogen and oxygen atoms in total. The highest BCUT2D eigenvalue weighted by molar-refractivity contribution is 8.18. The second-order valence-corrected chi connectivity index (χ2v) is 6.69. The Hall–Kier alpha value is -3.06. The number of aliphatic imine (C=N–C) groups is 1. The molecule has 1 saturated heterocycles. The number of benzene rings is 2. The molecule has 1 aliphatic rings. The van der Waals surface area contributed by atoms with Crippen LogP contribution in [0.2, 0.25) is 0 Å². The summed E-state index contributed by atoms with van der Waals surface area (Å²) in [4.78, 5) is 30.4. The molecule has 138 valence electrons. The van der Waals surface area contributed by atoms with Gasteiger partial charge in [0.05, 0.1) is 23.3 Å². The third-order valence-corrected chi connectivity index (χ3v) is 4.94. The van der Waals surface area contributed by atoms with Crippen LogP contribution in [0.1, 0.15) is 22.8 Å². The van der Waals surface area contributed by atoms with Crippen LogP contribution < -0.4 is 4.74 Å². The standard InChI is InChI=1S/C20H18N2O4S/c1-3-22-18(23)17(11-13-7-9-16(26-2)10-8-13)27-20(22)21-15-6-4-5-14(12-15)19(24)25/h4-12H,3H2,1-2H3,(H,24,25)/b17-11+,21-20?. The van der Waals surface area contributed by atoms with Gasteiger partial charge in [-0.2, -0.15) is 0 Å². The van der Waals surface area contributed by atoms with Crippen LogP contribution in [0.4, 0.5) is 5.69 Å². The number of carboxylic acids is 1. The molecule has 0 spiro atoms. The predicted octanol–water partition coefficient (Wildman–Crippen LogP) is 4.02. The van der Waals surface area contributed by atoms with Crippen molar-refractivity contribution in [2.24, 2.45) is 4.99 Å². The number of carbonyl (C=O) groups excluding carboxylic acids is 1. The van der Waals surface area contributed by atoms with Crippen molar-refractivity contribution < 1.29 is 19.4 Å². The number of amidine groups is 1. The van der Waals surface area contributed by atoms with Gasteiger partial charge in [0.15, 0.2) is 5.17 Å². The summed E-state index contributed by atoms with van der Waals surface area (Å²) < 4.78 is 5.14. The lowest BCUT2D eigenvalue weighted by Crippen LogP contribution is -2.28. The van der Waals surface area contributed by atoms with Crippen LogP contribution in [0.15, 0.2) is 58.4 Å². The summed E-state index contributed by atoms with van der Waals surface area (Å²) in [6, 6.07) is 13.8. The number of ether oxygens (including phenoxy) is 1. The Bertz CT molecular complexity index is 935. The highest BCUT2D eigenvalue weighted by Gasteiger charge is 2.32. The van der Waals surface area contributed by atoms with E-state index in [1.165, 1.54) is 23.9 Å². The highest BCUT2D eigenvalue weighted by atomic mass is 32.2. The van der Waals surface area contributed by atoms with E-state index in [0.29, 0.717) is 22.3 Å². The van der Waals surface area contributed by atoms with Gasteiger partial charge in [-0.25, -0.2) is 9.79 Å². The molecule has 0 saturated carbocycles. The zero-order chi connectivity index (χ0) is 19.4. The molecule has 7 heteroatoms. The van der Waals surface area contributed by atoms with Crippen LogP contribution in [0.25, 0.3) is 6.08 Å². The largest absolute Gasteiger partial charge is 0.497 e. The van der Waals surface area contributed by atoms with Gasteiger partial charge in [0.2, 0.25) is 0 Å². The van der Waals surface area contributed by atoms with Gasteiger partial charge >= 0.3 is 5.97 Å². The molecule has 0 aromatic heterocycles.